The summed E-state index contributed by atoms with van der Waals surface area (Å²) in [6, 6.07) is 5.38. The average molecular weight is 182 g/mol. The van der Waals surface area contributed by atoms with Crippen molar-refractivity contribution in [3.8, 4) is 5.75 Å². The van der Waals surface area contributed by atoms with E-state index in [0.717, 1.165) is 0 Å². The molecular formula is C8H6O3S. The summed E-state index contributed by atoms with van der Waals surface area (Å²) in [6.45, 7) is 0. The molecule has 3 nitrogen and oxygen atoms in total. The Kier molecular flexibility index (Phi) is 1.62. The van der Waals surface area contributed by atoms with E-state index >= 15 is 0 Å². The maximum absolute atomic E-state index is 5.11. The molecule has 0 bridgehead atoms. The zero-order valence-corrected chi connectivity index (χ0v) is 7.18. The molecule has 62 valence electrons. The van der Waals surface area contributed by atoms with Gasteiger partial charge >= 0.3 is 4.90 Å². The topological polar surface area (TPSA) is 35.5 Å². The zero-order chi connectivity index (χ0) is 8.55. The third kappa shape index (κ3) is 1.00. The van der Waals surface area contributed by atoms with E-state index in [4.69, 9.17) is 25.8 Å². The highest BCUT2D eigenvalue weighted by atomic mass is 32.1. The van der Waals surface area contributed by atoms with Gasteiger partial charge in [0.2, 0.25) is 5.58 Å². The number of fused-ring (bicyclic) bond motifs is 1. The van der Waals surface area contributed by atoms with Crippen LogP contribution in [0.4, 0.5) is 0 Å². The molecule has 0 N–H and O–H groups in total. The van der Waals surface area contributed by atoms with Crippen molar-refractivity contribution in [1.82, 2.24) is 0 Å². The Labute approximate surface area is 73.5 Å². The predicted octanol–water partition coefficient (Wildman–Crippen LogP) is 2.76. The summed E-state index contributed by atoms with van der Waals surface area (Å²) in [7, 11) is 1.57. The number of rotatable bonds is 1. The second kappa shape index (κ2) is 2.64. The summed E-state index contributed by atoms with van der Waals surface area (Å²) < 4.78 is 15.2. The normalized spacial score (nSPS) is 10.4. The molecule has 1 aromatic heterocycles. The quantitative estimate of drug-likeness (QED) is 0.635. The van der Waals surface area contributed by atoms with Crippen molar-refractivity contribution in [2.75, 3.05) is 7.11 Å². The Morgan fingerprint density at radius 1 is 1.33 bits per heavy atom. The fraction of sp³-hybridized carbons (Fsp3) is 0.125. The van der Waals surface area contributed by atoms with E-state index < -0.39 is 0 Å². The minimum atomic E-state index is 0.120. The van der Waals surface area contributed by atoms with Crippen molar-refractivity contribution in [2.24, 2.45) is 0 Å². The Balaban J connectivity index is 2.87. The van der Waals surface area contributed by atoms with E-state index in [1.807, 2.05) is 6.07 Å². The van der Waals surface area contributed by atoms with E-state index in [-0.39, 0.29) is 4.90 Å². The van der Waals surface area contributed by atoms with Gasteiger partial charge in [0.1, 0.15) is 0 Å². The molecule has 0 unspecified atom stereocenters. The van der Waals surface area contributed by atoms with Crippen LogP contribution in [0.1, 0.15) is 0 Å². The molecule has 1 aromatic carbocycles. The van der Waals surface area contributed by atoms with Crippen LogP contribution >= 0.6 is 12.2 Å². The second-order valence-electron chi connectivity index (χ2n) is 2.24. The molecule has 0 saturated heterocycles. The lowest BCUT2D eigenvalue weighted by Gasteiger charge is -1.95. The lowest BCUT2D eigenvalue weighted by atomic mass is 10.3. The van der Waals surface area contributed by atoms with Crippen molar-refractivity contribution < 1.29 is 13.6 Å². The SMILES string of the molecule is COc1cccc2oc(=S)oc12. The molecule has 0 radical (unpaired) electrons. The first-order valence-electron chi connectivity index (χ1n) is 3.38. The van der Waals surface area contributed by atoms with Crippen LogP contribution in [0.5, 0.6) is 5.75 Å². The molecule has 4 heteroatoms. The smallest absolute Gasteiger partial charge is 0.363 e. The molecule has 0 fully saturated rings. The van der Waals surface area contributed by atoms with Crippen molar-refractivity contribution >= 4 is 23.4 Å². The summed E-state index contributed by atoms with van der Waals surface area (Å²) in [4.78, 5) is 0.120. The number of methoxy groups -OCH3 is 1. The first-order chi connectivity index (χ1) is 5.81. The lowest BCUT2D eigenvalue weighted by Crippen LogP contribution is -1.81. The number of benzene rings is 1. The number of hydrogen-bond acceptors (Lipinski definition) is 4. The monoisotopic (exact) mass is 182 g/mol. The Bertz CT molecular complexity index is 455. The number of para-hydroxylation sites is 1. The van der Waals surface area contributed by atoms with Gasteiger partial charge in [-0.25, -0.2) is 0 Å². The molecule has 1 heterocycles. The maximum Gasteiger partial charge on any atom is 0.363 e. The Morgan fingerprint density at radius 3 is 2.92 bits per heavy atom. The number of ether oxygens (including phenoxy) is 1. The zero-order valence-electron chi connectivity index (χ0n) is 6.37. The fourth-order valence-electron chi connectivity index (χ4n) is 1.03. The van der Waals surface area contributed by atoms with Crippen molar-refractivity contribution in [3.05, 3.63) is 23.1 Å². The molecule has 12 heavy (non-hydrogen) atoms. The van der Waals surface area contributed by atoms with Crippen LogP contribution in [0.2, 0.25) is 0 Å². The third-order valence-corrected chi connectivity index (χ3v) is 1.71. The third-order valence-electron chi connectivity index (χ3n) is 1.54. The van der Waals surface area contributed by atoms with Gasteiger partial charge in [0.05, 0.1) is 7.11 Å². The molecule has 0 atom stereocenters. The van der Waals surface area contributed by atoms with Crippen molar-refractivity contribution in [2.45, 2.75) is 0 Å². The predicted molar refractivity (Wildman–Crippen MR) is 45.9 cm³/mol. The van der Waals surface area contributed by atoms with E-state index in [2.05, 4.69) is 0 Å². The average Bonchev–Trinajstić information content (AvgIpc) is 2.44. The van der Waals surface area contributed by atoms with Crippen molar-refractivity contribution in [1.29, 1.82) is 0 Å². The van der Waals surface area contributed by atoms with Crippen LogP contribution in [0.25, 0.3) is 11.2 Å². The lowest BCUT2D eigenvalue weighted by molar-refractivity contribution is 0.402. The van der Waals surface area contributed by atoms with Crippen LogP contribution in [0.3, 0.4) is 0 Å². The summed E-state index contributed by atoms with van der Waals surface area (Å²) in [5.74, 6) is 0.632. The van der Waals surface area contributed by atoms with Gasteiger partial charge in [0, 0.05) is 12.2 Å². The molecule has 0 saturated carbocycles. The molecule has 0 spiro atoms. The summed E-state index contributed by atoms with van der Waals surface area (Å²) >= 11 is 4.73. The van der Waals surface area contributed by atoms with Crippen molar-refractivity contribution in [3.63, 3.8) is 0 Å². The van der Waals surface area contributed by atoms with Crippen LogP contribution < -0.4 is 4.74 Å². The van der Waals surface area contributed by atoms with E-state index in [1.165, 1.54) is 0 Å². The van der Waals surface area contributed by atoms with Crippen LogP contribution in [0.15, 0.2) is 27.0 Å². The fourth-order valence-corrected chi connectivity index (χ4v) is 1.20. The molecule has 0 aliphatic heterocycles. The van der Waals surface area contributed by atoms with Gasteiger partial charge in [-0.2, -0.15) is 0 Å². The molecule has 2 rings (SSSR count). The van der Waals surface area contributed by atoms with Gasteiger partial charge in [-0.3, -0.25) is 0 Å². The van der Waals surface area contributed by atoms with Gasteiger partial charge in [-0.1, -0.05) is 6.07 Å². The van der Waals surface area contributed by atoms with Gasteiger partial charge < -0.3 is 13.6 Å². The standard InChI is InChI=1S/C8H6O3S/c1-9-5-3-2-4-6-7(5)11-8(12)10-6/h2-4H,1H3. The molecule has 0 amide bonds. The second-order valence-corrected chi connectivity index (χ2v) is 2.57. The molecule has 0 aliphatic carbocycles. The van der Waals surface area contributed by atoms with Crippen LogP contribution in [-0.4, -0.2) is 7.11 Å². The van der Waals surface area contributed by atoms with Gasteiger partial charge in [-0.05, 0) is 12.1 Å². The number of hydrogen-bond donors (Lipinski definition) is 0. The molecule has 2 aromatic rings. The molecule has 0 aliphatic rings. The highest BCUT2D eigenvalue weighted by molar-refractivity contribution is 7.71. The Morgan fingerprint density at radius 2 is 2.17 bits per heavy atom. The minimum Gasteiger partial charge on any atom is -0.493 e. The van der Waals surface area contributed by atoms with Crippen LogP contribution in [0, 0.1) is 4.90 Å². The van der Waals surface area contributed by atoms with Gasteiger partial charge in [0.15, 0.2) is 11.3 Å². The first-order valence-corrected chi connectivity index (χ1v) is 3.79. The Hall–Kier alpha value is -1.29. The van der Waals surface area contributed by atoms with E-state index in [0.29, 0.717) is 16.9 Å². The van der Waals surface area contributed by atoms with Gasteiger partial charge in [-0.15, -0.1) is 0 Å². The first kappa shape index (κ1) is 7.36. The highest BCUT2D eigenvalue weighted by Crippen LogP contribution is 2.26. The molecular weight excluding hydrogens is 176 g/mol. The minimum absolute atomic E-state index is 0.120. The highest BCUT2D eigenvalue weighted by Gasteiger charge is 2.06. The summed E-state index contributed by atoms with van der Waals surface area (Å²) in [5, 5.41) is 0. The van der Waals surface area contributed by atoms with Gasteiger partial charge in [0.25, 0.3) is 0 Å². The maximum atomic E-state index is 5.11. The summed E-state index contributed by atoms with van der Waals surface area (Å²) in [5.41, 5.74) is 1.17. The largest absolute Gasteiger partial charge is 0.493 e. The van der Waals surface area contributed by atoms with E-state index in [9.17, 15) is 0 Å². The summed E-state index contributed by atoms with van der Waals surface area (Å²) in [6.07, 6.45) is 0. The van der Waals surface area contributed by atoms with E-state index in [1.54, 1.807) is 19.2 Å². The van der Waals surface area contributed by atoms with Crippen LogP contribution in [-0.2, 0) is 0 Å².